The van der Waals surface area contributed by atoms with Crippen molar-refractivity contribution < 1.29 is 19.4 Å². The lowest BCUT2D eigenvalue weighted by Gasteiger charge is -2.28. The van der Waals surface area contributed by atoms with Gasteiger partial charge in [-0.3, -0.25) is 4.79 Å². The SMILES string of the molecule is O=C(N[C@H]1CC[C@H](C(=O)Nc2ccccc2O)CC1)OCc1ccccc1. The number of alkyl carbamates (subject to hydrolysis) is 1. The third kappa shape index (κ3) is 5.48. The zero-order valence-corrected chi connectivity index (χ0v) is 15.1. The minimum Gasteiger partial charge on any atom is -0.506 e. The number of carbonyl (C=O) groups excluding carboxylic acids is 2. The van der Waals surface area contributed by atoms with Gasteiger partial charge in [-0.1, -0.05) is 42.5 Å². The van der Waals surface area contributed by atoms with Crippen LogP contribution in [0.25, 0.3) is 0 Å². The Bertz CT molecular complexity index is 771. The number of para-hydroxylation sites is 2. The molecule has 1 aliphatic carbocycles. The van der Waals surface area contributed by atoms with Crippen molar-refractivity contribution >= 4 is 17.7 Å². The first-order valence-electron chi connectivity index (χ1n) is 9.18. The van der Waals surface area contributed by atoms with Crippen LogP contribution < -0.4 is 10.6 Å². The monoisotopic (exact) mass is 368 g/mol. The maximum atomic E-state index is 12.4. The van der Waals surface area contributed by atoms with E-state index < -0.39 is 6.09 Å². The third-order valence-electron chi connectivity index (χ3n) is 4.79. The van der Waals surface area contributed by atoms with Gasteiger partial charge in [0.15, 0.2) is 0 Å². The zero-order valence-electron chi connectivity index (χ0n) is 15.1. The van der Waals surface area contributed by atoms with Gasteiger partial charge in [0.1, 0.15) is 12.4 Å². The molecule has 2 aromatic carbocycles. The van der Waals surface area contributed by atoms with Gasteiger partial charge in [0.2, 0.25) is 5.91 Å². The highest BCUT2D eigenvalue weighted by atomic mass is 16.5. The molecule has 142 valence electrons. The average Bonchev–Trinajstić information content (AvgIpc) is 2.69. The number of hydrogen-bond donors (Lipinski definition) is 3. The number of phenols is 1. The van der Waals surface area contributed by atoms with Crippen LogP contribution in [0.3, 0.4) is 0 Å². The quantitative estimate of drug-likeness (QED) is 0.700. The predicted octanol–water partition coefficient (Wildman–Crippen LogP) is 3.82. The molecule has 0 aromatic heterocycles. The lowest BCUT2D eigenvalue weighted by Crippen LogP contribution is -2.39. The predicted molar refractivity (Wildman–Crippen MR) is 102 cm³/mol. The Morgan fingerprint density at radius 3 is 2.33 bits per heavy atom. The molecule has 0 spiro atoms. The summed E-state index contributed by atoms with van der Waals surface area (Å²) in [5.74, 6) is -0.160. The van der Waals surface area contributed by atoms with Crippen LogP contribution in [0.5, 0.6) is 5.75 Å². The number of rotatable bonds is 5. The molecule has 3 N–H and O–H groups in total. The fourth-order valence-electron chi connectivity index (χ4n) is 3.25. The number of nitrogens with one attached hydrogen (secondary N) is 2. The van der Waals surface area contributed by atoms with Gasteiger partial charge < -0.3 is 20.5 Å². The van der Waals surface area contributed by atoms with Crippen LogP contribution in [0.2, 0.25) is 0 Å². The normalized spacial score (nSPS) is 19.1. The van der Waals surface area contributed by atoms with Crippen molar-refractivity contribution in [2.24, 2.45) is 5.92 Å². The van der Waals surface area contributed by atoms with E-state index in [1.54, 1.807) is 18.2 Å². The Balaban J connectivity index is 1.40. The first-order valence-corrected chi connectivity index (χ1v) is 9.18. The van der Waals surface area contributed by atoms with E-state index >= 15 is 0 Å². The minimum absolute atomic E-state index is 0.0162. The fourth-order valence-corrected chi connectivity index (χ4v) is 3.25. The maximum Gasteiger partial charge on any atom is 0.407 e. The molecular formula is C21H24N2O4. The largest absolute Gasteiger partial charge is 0.506 e. The van der Waals surface area contributed by atoms with Crippen LogP contribution in [0, 0.1) is 5.92 Å². The lowest BCUT2D eigenvalue weighted by molar-refractivity contribution is -0.120. The molecule has 2 amide bonds. The lowest BCUT2D eigenvalue weighted by atomic mass is 9.85. The molecule has 0 unspecified atom stereocenters. The molecule has 0 aliphatic heterocycles. The van der Waals surface area contributed by atoms with E-state index in [0.29, 0.717) is 18.5 Å². The Morgan fingerprint density at radius 1 is 0.963 bits per heavy atom. The third-order valence-corrected chi connectivity index (χ3v) is 4.79. The Kier molecular flexibility index (Phi) is 6.30. The van der Waals surface area contributed by atoms with E-state index in [2.05, 4.69) is 10.6 Å². The van der Waals surface area contributed by atoms with Crippen LogP contribution >= 0.6 is 0 Å². The molecule has 1 fully saturated rings. The van der Waals surface area contributed by atoms with Crippen molar-refractivity contribution in [3.63, 3.8) is 0 Å². The van der Waals surface area contributed by atoms with Crippen LogP contribution in [-0.2, 0) is 16.1 Å². The topological polar surface area (TPSA) is 87.7 Å². The van der Waals surface area contributed by atoms with Crippen molar-refractivity contribution in [2.45, 2.75) is 38.3 Å². The summed E-state index contributed by atoms with van der Waals surface area (Å²) >= 11 is 0. The van der Waals surface area contributed by atoms with E-state index in [1.807, 2.05) is 30.3 Å². The highest BCUT2D eigenvalue weighted by molar-refractivity contribution is 5.93. The molecule has 1 saturated carbocycles. The van der Waals surface area contributed by atoms with E-state index in [-0.39, 0.29) is 30.2 Å². The van der Waals surface area contributed by atoms with Crippen molar-refractivity contribution in [3.05, 3.63) is 60.2 Å². The van der Waals surface area contributed by atoms with E-state index in [0.717, 1.165) is 18.4 Å². The molecule has 1 aliphatic rings. The summed E-state index contributed by atoms with van der Waals surface area (Å²) in [5.41, 5.74) is 1.37. The van der Waals surface area contributed by atoms with Crippen LogP contribution in [0.4, 0.5) is 10.5 Å². The summed E-state index contributed by atoms with van der Waals surface area (Å²) < 4.78 is 5.24. The summed E-state index contributed by atoms with van der Waals surface area (Å²) in [5, 5.41) is 15.4. The molecule has 6 heteroatoms. The smallest absolute Gasteiger partial charge is 0.407 e. The van der Waals surface area contributed by atoms with Gasteiger partial charge in [-0.25, -0.2) is 4.79 Å². The number of amides is 2. The van der Waals surface area contributed by atoms with Gasteiger partial charge in [-0.2, -0.15) is 0 Å². The number of benzene rings is 2. The van der Waals surface area contributed by atoms with Crippen molar-refractivity contribution in [2.75, 3.05) is 5.32 Å². The van der Waals surface area contributed by atoms with Gasteiger partial charge in [0.25, 0.3) is 0 Å². The zero-order chi connectivity index (χ0) is 19.1. The molecule has 3 rings (SSSR count). The Hall–Kier alpha value is -3.02. The molecule has 0 radical (unpaired) electrons. The number of anilines is 1. The highest BCUT2D eigenvalue weighted by Gasteiger charge is 2.27. The van der Waals surface area contributed by atoms with Crippen molar-refractivity contribution in [3.8, 4) is 5.75 Å². The molecule has 0 saturated heterocycles. The summed E-state index contributed by atoms with van der Waals surface area (Å²) in [7, 11) is 0. The first kappa shape index (κ1) is 18.8. The van der Waals surface area contributed by atoms with E-state index in [4.69, 9.17) is 4.74 Å². The second-order valence-electron chi connectivity index (χ2n) is 6.76. The Labute approximate surface area is 158 Å². The number of hydrogen-bond acceptors (Lipinski definition) is 4. The minimum atomic E-state index is -0.430. The van der Waals surface area contributed by atoms with Gasteiger partial charge in [0, 0.05) is 12.0 Å². The van der Waals surface area contributed by atoms with E-state index in [9.17, 15) is 14.7 Å². The van der Waals surface area contributed by atoms with Crippen molar-refractivity contribution in [1.82, 2.24) is 5.32 Å². The number of ether oxygens (including phenoxy) is 1. The Morgan fingerprint density at radius 2 is 1.63 bits per heavy atom. The molecule has 6 nitrogen and oxygen atoms in total. The molecule has 2 aromatic rings. The number of carbonyl (C=O) groups is 2. The highest BCUT2D eigenvalue weighted by Crippen LogP contribution is 2.28. The first-order chi connectivity index (χ1) is 13.1. The maximum absolute atomic E-state index is 12.4. The number of aromatic hydroxyl groups is 1. The summed E-state index contributed by atoms with van der Waals surface area (Å²) in [4.78, 5) is 24.3. The van der Waals surface area contributed by atoms with Gasteiger partial charge in [-0.05, 0) is 43.4 Å². The number of phenolic OH excluding ortho intramolecular Hbond substituents is 1. The molecular weight excluding hydrogens is 344 g/mol. The molecule has 0 atom stereocenters. The molecule has 0 bridgehead atoms. The molecule has 27 heavy (non-hydrogen) atoms. The van der Waals surface area contributed by atoms with Crippen molar-refractivity contribution in [1.29, 1.82) is 0 Å². The fraction of sp³-hybridized carbons (Fsp3) is 0.333. The van der Waals surface area contributed by atoms with Crippen LogP contribution in [0.1, 0.15) is 31.2 Å². The summed E-state index contributed by atoms with van der Waals surface area (Å²) in [6, 6.07) is 16.2. The summed E-state index contributed by atoms with van der Waals surface area (Å²) in [6.45, 7) is 0.241. The van der Waals surface area contributed by atoms with Gasteiger partial charge in [0.05, 0.1) is 5.69 Å². The average molecular weight is 368 g/mol. The standard InChI is InChI=1S/C21H24N2O4/c24-19-9-5-4-8-18(19)23-20(25)16-10-12-17(13-11-16)22-21(26)27-14-15-6-2-1-3-7-15/h1-9,16-17,24H,10-14H2,(H,22,26)(H,23,25)/t16-,17-. The van der Waals surface area contributed by atoms with Gasteiger partial charge >= 0.3 is 6.09 Å². The summed E-state index contributed by atoms with van der Waals surface area (Å²) in [6.07, 6.45) is 2.38. The van der Waals surface area contributed by atoms with E-state index in [1.165, 1.54) is 6.07 Å². The molecule has 0 heterocycles. The second-order valence-corrected chi connectivity index (χ2v) is 6.76. The van der Waals surface area contributed by atoms with Crippen LogP contribution in [-0.4, -0.2) is 23.1 Å². The van der Waals surface area contributed by atoms with Gasteiger partial charge in [-0.15, -0.1) is 0 Å². The van der Waals surface area contributed by atoms with Crippen LogP contribution in [0.15, 0.2) is 54.6 Å². The second kappa shape index (κ2) is 9.07.